The molecule has 1 aliphatic rings. The van der Waals surface area contributed by atoms with Gasteiger partial charge in [-0.15, -0.1) is 12.4 Å². The minimum absolute atomic E-state index is 0. The van der Waals surface area contributed by atoms with Gasteiger partial charge in [-0.2, -0.15) is 17.0 Å². The molecular formula is C9H22ClN3O2S. The molecule has 0 aromatic carbocycles. The normalized spacial score (nSPS) is 18.4. The Morgan fingerprint density at radius 3 is 2.31 bits per heavy atom. The predicted octanol–water partition coefficient (Wildman–Crippen LogP) is 0.290. The van der Waals surface area contributed by atoms with Gasteiger partial charge in [0.15, 0.2) is 0 Å². The number of piperidine rings is 1. The fraction of sp³-hybridized carbons (Fsp3) is 1.00. The molecule has 1 rings (SSSR count). The summed E-state index contributed by atoms with van der Waals surface area (Å²) in [5.74, 6) is 0. The molecule has 5 nitrogen and oxygen atoms in total. The first-order valence-corrected chi connectivity index (χ1v) is 6.84. The lowest BCUT2D eigenvalue weighted by molar-refractivity contribution is 0.316. The first-order chi connectivity index (χ1) is 7.09. The van der Waals surface area contributed by atoms with Crippen molar-refractivity contribution in [2.24, 2.45) is 0 Å². The van der Waals surface area contributed by atoms with Crippen molar-refractivity contribution in [3.8, 4) is 0 Å². The molecule has 0 amide bonds. The fourth-order valence-electron chi connectivity index (χ4n) is 1.68. The lowest BCUT2D eigenvalue weighted by atomic mass is 10.2. The van der Waals surface area contributed by atoms with Crippen LogP contribution >= 0.6 is 12.4 Å². The van der Waals surface area contributed by atoms with E-state index in [4.69, 9.17) is 0 Å². The topological polar surface area (TPSA) is 52.7 Å². The molecule has 0 aromatic heterocycles. The highest BCUT2D eigenvalue weighted by Gasteiger charge is 2.27. The summed E-state index contributed by atoms with van der Waals surface area (Å²) in [5.41, 5.74) is 0. The van der Waals surface area contributed by atoms with Gasteiger partial charge in [0, 0.05) is 33.2 Å². The van der Waals surface area contributed by atoms with Crippen LogP contribution in [0.1, 0.15) is 19.3 Å². The Balaban J connectivity index is 0.00000225. The maximum Gasteiger partial charge on any atom is 0.281 e. The van der Waals surface area contributed by atoms with Crippen LogP contribution in [0.3, 0.4) is 0 Å². The highest BCUT2D eigenvalue weighted by molar-refractivity contribution is 7.86. The summed E-state index contributed by atoms with van der Waals surface area (Å²) in [7, 11) is 0.253. The molecule has 0 aromatic rings. The third kappa shape index (κ3) is 4.18. The van der Waals surface area contributed by atoms with Gasteiger partial charge >= 0.3 is 0 Å². The van der Waals surface area contributed by atoms with Gasteiger partial charge in [-0.3, -0.25) is 0 Å². The molecule has 1 heterocycles. The Morgan fingerprint density at radius 2 is 1.81 bits per heavy atom. The summed E-state index contributed by atoms with van der Waals surface area (Å²) in [6, 6.07) is 0. The van der Waals surface area contributed by atoms with Gasteiger partial charge in [-0.05, 0) is 19.9 Å². The summed E-state index contributed by atoms with van der Waals surface area (Å²) in [6.07, 6.45) is 3.12. The van der Waals surface area contributed by atoms with Crippen molar-refractivity contribution in [1.29, 1.82) is 0 Å². The first-order valence-electron chi connectivity index (χ1n) is 5.45. The van der Waals surface area contributed by atoms with E-state index in [9.17, 15) is 8.42 Å². The van der Waals surface area contributed by atoms with E-state index in [2.05, 4.69) is 5.32 Å². The number of rotatable bonds is 5. The summed E-state index contributed by atoms with van der Waals surface area (Å²) in [6.45, 7) is 2.55. The van der Waals surface area contributed by atoms with Crippen LogP contribution in [0.15, 0.2) is 0 Å². The van der Waals surface area contributed by atoms with E-state index in [1.54, 1.807) is 11.4 Å². The van der Waals surface area contributed by atoms with Crippen LogP contribution in [0.4, 0.5) is 0 Å². The number of likely N-dealkylation sites (N-methyl/N-ethyl adjacent to an activating group) is 2. The molecule has 1 N–H and O–H groups in total. The van der Waals surface area contributed by atoms with Crippen molar-refractivity contribution in [3.05, 3.63) is 0 Å². The predicted molar refractivity (Wildman–Crippen MR) is 68.1 cm³/mol. The van der Waals surface area contributed by atoms with Gasteiger partial charge in [0.1, 0.15) is 0 Å². The van der Waals surface area contributed by atoms with E-state index in [1.165, 1.54) is 4.31 Å². The molecule has 7 heteroatoms. The zero-order valence-corrected chi connectivity index (χ0v) is 11.6. The molecule has 0 atom stereocenters. The molecule has 1 saturated heterocycles. The lowest BCUT2D eigenvalue weighted by Gasteiger charge is -2.30. The second-order valence-electron chi connectivity index (χ2n) is 3.89. The van der Waals surface area contributed by atoms with E-state index in [0.29, 0.717) is 26.2 Å². The van der Waals surface area contributed by atoms with Crippen molar-refractivity contribution in [2.45, 2.75) is 19.3 Å². The average molecular weight is 272 g/mol. The second-order valence-corrected chi connectivity index (χ2v) is 5.93. The van der Waals surface area contributed by atoms with E-state index >= 15 is 0 Å². The average Bonchev–Trinajstić information content (AvgIpc) is 2.27. The highest BCUT2D eigenvalue weighted by Crippen LogP contribution is 2.14. The molecular weight excluding hydrogens is 250 g/mol. The van der Waals surface area contributed by atoms with Gasteiger partial charge in [0.2, 0.25) is 0 Å². The highest BCUT2D eigenvalue weighted by atomic mass is 35.5. The number of halogens is 1. The SMILES string of the molecule is CNCCN(C)S(=O)(=O)N1CCCCC1.Cl. The maximum absolute atomic E-state index is 12.0. The Morgan fingerprint density at radius 1 is 1.25 bits per heavy atom. The molecule has 16 heavy (non-hydrogen) atoms. The van der Waals surface area contributed by atoms with Crippen molar-refractivity contribution >= 4 is 22.6 Å². The molecule has 0 bridgehead atoms. The quantitative estimate of drug-likeness (QED) is 0.782. The summed E-state index contributed by atoms with van der Waals surface area (Å²) >= 11 is 0. The van der Waals surface area contributed by atoms with Crippen LogP contribution in [-0.2, 0) is 10.2 Å². The largest absolute Gasteiger partial charge is 0.318 e. The molecule has 98 valence electrons. The van der Waals surface area contributed by atoms with Crippen molar-refractivity contribution < 1.29 is 8.42 Å². The summed E-state index contributed by atoms with van der Waals surface area (Å²) in [5, 5.41) is 2.95. The number of nitrogens with one attached hydrogen (secondary N) is 1. The second kappa shape index (κ2) is 7.45. The van der Waals surface area contributed by atoms with E-state index in [0.717, 1.165) is 19.3 Å². The van der Waals surface area contributed by atoms with Crippen LogP contribution in [0.25, 0.3) is 0 Å². The minimum atomic E-state index is -3.21. The summed E-state index contributed by atoms with van der Waals surface area (Å²) < 4.78 is 27.0. The monoisotopic (exact) mass is 271 g/mol. The first kappa shape index (κ1) is 16.1. The van der Waals surface area contributed by atoms with Gasteiger partial charge in [-0.25, -0.2) is 0 Å². The Labute approximate surface area is 105 Å². The summed E-state index contributed by atoms with van der Waals surface area (Å²) in [4.78, 5) is 0. The fourth-order valence-corrected chi connectivity index (χ4v) is 3.11. The zero-order chi connectivity index (χ0) is 11.3. The van der Waals surface area contributed by atoms with E-state index < -0.39 is 10.2 Å². The number of hydrogen-bond acceptors (Lipinski definition) is 3. The van der Waals surface area contributed by atoms with Gasteiger partial charge in [0.05, 0.1) is 0 Å². The number of hydrogen-bond donors (Lipinski definition) is 1. The zero-order valence-electron chi connectivity index (χ0n) is 9.98. The molecule has 0 radical (unpaired) electrons. The smallest absolute Gasteiger partial charge is 0.281 e. The van der Waals surface area contributed by atoms with E-state index in [-0.39, 0.29) is 12.4 Å². The molecule has 1 aliphatic heterocycles. The Hall–Kier alpha value is 0.120. The van der Waals surface area contributed by atoms with Crippen molar-refractivity contribution in [3.63, 3.8) is 0 Å². The third-order valence-corrected chi connectivity index (χ3v) is 4.70. The van der Waals surface area contributed by atoms with Gasteiger partial charge in [-0.1, -0.05) is 6.42 Å². The number of nitrogens with zero attached hydrogens (tertiary/aromatic N) is 2. The van der Waals surface area contributed by atoms with Crippen LogP contribution < -0.4 is 5.32 Å². The van der Waals surface area contributed by atoms with Crippen LogP contribution in [0.2, 0.25) is 0 Å². The van der Waals surface area contributed by atoms with Crippen LogP contribution in [-0.4, -0.2) is 57.3 Å². The Bertz CT molecular complexity index is 278. The molecule has 0 spiro atoms. The van der Waals surface area contributed by atoms with Gasteiger partial charge < -0.3 is 5.32 Å². The van der Waals surface area contributed by atoms with Crippen LogP contribution in [0.5, 0.6) is 0 Å². The van der Waals surface area contributed by atoms with Gasteiger partial charge in [0.25, 0.3) is 10.2 Å². The van der Waals surface area contributed by atoms with Crippen molar-refractivity contribution in [1.82, 2.24) is 13.9 Å². The molecule has 0 aliphatic carbocycles. The lowest BCUT2D eigenvalue weighted by Crippen LogP contribution is -2.45. The standard InChI is InChI=1S/C9H21N3O2S.ClH/c1-10-6-9-11(2)15(13,14)12-7-4-3-5-8-12;/h10H,3-9H2,1-2H3;1H. The third-order valence-electron chi connectivity index (χ3n) is 2.71. The molecule has 0 unspecified atom stereocenters. The maximum atomic E-state index is 12.0. The minimum Gasteiger partial charge on any atom is -0.318 e. The van der Waals surface area contributed by atoms with Crippen molar-refractivity contribution in [2.75, 3.05) is 40.3 Å². The molecule has 1 fully saturated rings. The van der Waals surface area contributed by atoms with Crippen LogP contribution in [0, 0.1) is 0 Å². The molecule has 0 saturated carbocycles. The van der Waals surface area contributed by atoms with E-state index in [1.807, 2.05) is 7.05 Å². The Kier molecular flexibility index (Phi) is 7.50.